The van der Waals surface area contributed by atoms with Crippen molar-refractivity contribution in [2.45, 2.75) is 12.2 Å². The zero-order valence-corrected chi connectivity index (χ0v) is 14.9. The van der Waals surface area contributed by atoms with Gasteiger partial charge >= 0.3 is 0 Å². The van der Waals surface area contributed by atoms with Crippen molar-refractivity contribution >= 4 is 0 Å². The third kappa shape index (κ3) is 4.71. The van der Waals surface area contributed by atoms with E-state index in [1.165, 1.54) is 30.3 Å². The van der Waals surface area contributed by atoms with Crippen molar-refractivity contribution in [3.05, 3.63) is 77.7 Å². The summed E-state index contributed by atoms with van der Waals surface area (Å²) in [6.07, 6.45) is -2.34. The highest BCUT2D eigenvalue weighted by atomic mass is 19.1. The second kappa shape index (κ2) is 8.90. The molecule has 28 heavy (non-hydrogen) atoms. The maximum atomic E-state index is 13.0. The quantitative estimate of drug-likeness (QED) is 0.499. The number of rotatable bonds is 7. The van der Waals surface area contributed by atoms with E-state index in [1.807, 2.05) is 0 Å². The molecule has 6 nitrogen and oxygen atoms in total. The van der Waals surface area contributed by atoms with Crippen molar-refractivity contribution < 1.29 is 29.6 Å². The number of aliphatic hydroxyl groups is 4. The van der Waals surface area contributed by atoms with E-state index in [4.69, 9.17) is 4.74 Å². The van der Waals surface area contributed by atoms with Crippen LogP contribution < -0.4 is 4.74 Å². The Hall–Kier alpha value is -2.84. The number of benzene rings is 2. The number of nitrogens with zero attached hydrogens (tertiary/aromatic N) is 1. The molecule has 0 saturated heterocycles. The zero-order valence-electron chi connectivity index (χ0n) is 14.9. The van der Waals surface area contributed by atoms with E-state index in [0.29, 0.717) is 28.3 Å². The fourth-order valence-electron chi connectivity index (χ4n) is 2.62. The molecule has 0 spiro atoms. The van der Waals surface area contributed by atoms with Crippen LogP contribution in [0.4, 0.5) is 4.39 Å². The standard InChI is InChI=1S/C21H20FNO5/c22-15-3-7-17(8-4-15)28-16-5-1-13(2-6-16)18-9-14(20(26)11-24)10-19(23-18)21(27)12-25/h1-10,20-21,24-27H,11-12H2/t20-,21-/m1/s1. The third-order valence-corrected chi connectivity index (χ3v) is 4.14. The molecule has 0 aliphatic rings. The Bertz CT molecular complexity index is 887. The van der Waals surface area contributed by atoms with Gasteiger partial charge in [-0.15, -0.1) is 0 Å². The lowest BCUT2D eigenvalue weighted by Crippen LogP contribution is -2.10. The van der Waals surface area contributed by atoms with Gasteiger partial charge in [-0.1, -0.05) is 0 Å². The van der Waals surface area contributed by atoms with Gasteiger partial charge in [0.05, 0.1) is 24.6 Å². The average molecular weight is 385 g/mol. The molecule has 0 aliphatic heterocycles. The lowest BCUT2D eigenvalue weighted by atomic mass is 10.0. The molecule has 2 atom stereocenters. The molecule has 0 aliphatic carbocycles. The first kappa shape index (κ1) is 19.9. The molecule has 0 amide bonds. The van der Waals surface area contributed by atoms with Gasteiger partial charge < -0.3 is 25.2 Å². The van der Waals surface area contributed by atoms with Crippen LogP contribution in [0.1, 0.15) is 23.5 Å². The number of aliphatic hydroxyl groups excluding tert-OH is 4. The molecular formula is C21H20FNO5. The lowest BCUT2D eigenvalue weighted by molar-refractivity contribution is 0.0882. The van der Waals surface area contributed by atoms with Gasteiger partial charge in [-0.25, -0.2) is 9.37 Å². The first-order valence-corrected chi connectivity index (χ1v) is 8.63. The number of aromatic nitrogens is 1. The monoisotopic (exact) mass is 385 g/mol. The minimum absolute atomic E-state index is 0.189. The number of halogens is 1. The molecule has 146 valence electrons. The Balaban J connectivity index is 1.88. The molecule has 0 unspecified atom stereocenters. The minimum atomic E-state index is -1.20. The summed E-state index contributed by atoms with van der Waals surface area (Å²) in [7, 11) is 0. The molecule has 0 radical (unpaired) electrons. The predicted molar refractivity (Wildman–Crippen MR) is 100 cm³/mol. The topological polar surface area (TPSA) is 103 Å². The average Bonchev–Trinajstić information content (AvgIpc) is 2.74. The molecule has 2 aromatic carbocycles. The first-order valence-electron chi connectivity index (χ1n) is 8.63. The fourth-order valence-corrected chi connectivity index (χ4v) is 2.62. The molecule has 3 aromatic rings. The third-order valence-electron chi connectivity index (χ3n) is 4.14. The summed E-state index contributed by atoms with van der Waals surface area (Å²) in [5, 5.41) is 38.2. The Morgan fingerprint density at radius 2 is 1.39 bits per heavy atom. The number of hydrogen-bond donors (Lipinski definition) is 4. The summed E-state index contributed by atoms with van der Waals surface area (Å²) in [6.45, 7) is -1.00. The second-order valence-corrected chi connectivity index (χ2v) is 6.19. The summed E-state index contributed by atoms with van der Waals surface area (Å²) in [5.41, 5.74) is 1.71. The number of pyridine rings is 1. The van der Waals surface area contributed by atoms with E-state index < -0.39 is 25.4 Å². The van der Waals surface area contributed by atoms with Gasteiger partial charge in [-0.3, -0.25) is 0 Å². The zero-order chi connectivity index (χ0) is 20.1. The van der Waals surface area contributed by atoms with E-state index in [1.54, 1.807) is 30.3 Å². The molecule has 0 saturated carbocycles. The number of ether oxygens (including phenoxy) is 1. The van der Waals surface area contributed by atoms with Gasteiger partial charge in [0.25, 0.3) is 0 Å². The largest absolute Gasteiger partial charge is 0.457 e. The van der Waals surface area contributed by atoms with E-state index in [0.717, 1.165) is 0 Å². The summed E-state index contributed by atoms with van der Waals surface area (Å²) in [6, 6.07) is 15.6. The van der Waals surface area contributed by atoms with Crippen LogP contribution >= 0.6 is 0 Å². The van der Waals surface area contributed by atoms with Gasteiger partial charge in [-0.2, -0.15) is 0 Å². The lowest BCUT2D eigenvalue weighted by Gasteiger charge is -2.15. The van der Waals surface area contributed by atoms with Gasteiger partial charge in [0.2, 0.25) is 0 Å². The molecule has 0 bridgehead atoms. The van der Waals surface area contributed by atoms with E-state index in [-0.39, 0.29) is 11.5 Å². The number of hydrogen-bond acceptors (Lipinski definition) is 6. The molecule has 0 fully saturated rings. The van der Waals surface area contributed by atoms with Gasteiger partial charge in [0.1, 0.15) is 29.5 Å². The van der Waals surface area contributed by atoms with Crippen LogP contribution in [-0.4, -0.2) is 38.6 Å². The Labute approximate surface area is 161 Å². The Morgan fingerprint density at radius 3 is 1.96 bits per heavy atom. The first-order chi connectivity index (χ1) is 13.5. The fraction of sp³-hybridized carbons (Fsp3) is 0.190. The minimum Gasteiger partial charge on any atom is -0.457 e. The van der Waals surface area contributed by atoms with Crippen LogP contribution in [-0.2, 0) is 0 Å². The Kier molecular flexibility index (Phi) is 6.33. The SMILES string of the molecule is OC[C@@H](O)c1cc(-c2ccc(Oc3ccc(F)cc3)cc2)nc([C@H](O)CO)c1. The van der Waals surface area contributed by atoms with Crippen molar-refractivity contribution in [3.8, 4) is 22.8 Å². The normalized spacial score (nSPS) is 13.2. The van der Waals surface area contributed by atoms with Crippen LogP contribution in [0, 0.1) is 5.82 Å². The van der Waals surface area contributed by atoms with E-state index in [9.17, 15) is 24.8 Å². The van der Waals surface area contributed by atoms with Crippen LogP contribution in [0.5, 0.6) is 11.5 Å². The summed E-state index contributed by atoms with van der Waals surface area (Å²) < 4.78 is 18.6. The van der Waals surface area contributed by atoms with Crippen molar-refractivity contribution in [2.75, 3.05) is 13.2 Å². The molecule has 1 heterocycles. The predicted octanol–water partition coefficient (Wildman–Crippen LogP) is 2.73. The highest BCUT2D eigenvalue weighted by molar-refractivity contribution is 5.61. The molecule has 3 rings (SSSR count). The van der Waals surface area contributed by atoms with Crippen molar-refractivity contribution in [1.82, 2.24) is 4.98 Å². The highest BCUT2D eigenvalue weighted by Gasteiger charge is 2.15. The van der Waals surface area contributed by atoms with E-state index >= 15 is 0 Å². The summed E-state index contributed by atoms with van der Waals surface area (Å²) in [5.74, 6) is 0.686. The van der Waals surface area contributed by atoms with Crippen LogP contribution in [0.15, 0.2) is 60.7 Å². The summed E-state index contributed by atoms with van der Waals surface area (Å²) >= 11 is 0. The van der Waals surface area contributed by atoms with Crippen LogP contribution in [0.3, 0.4) is 0 Å². The van der Waals surface area contributed by atoms with Crippen LogP contribution in [0.2, 0.25) is 0 Å². The summed E-state index contributed by atoms with van der Waals surface area (Å²) in [4.78, 5) is 4.33. The van der Waals surface area contributed by atoms with Gasteiger partial charge in [0, 0.05) is 5.56 Å². The molecule has 7 heteroatoms. The molecule has 4 N–H and O–H groups in total. The molecular weight excluding hydrogens is 365 g/mol. The maximum Gasteiger partial charge on any atom is 0.127 e. The van der Waals surface area contributed by atoms with Crippen molar-refractivity contribution in [3.63, 3.8) is 0 Å². The second-order valence-electron chi connectivity index (χ2n) is 6.19. The maximum absolute atomic E-state index is 13.0. The smallest absolute Gasteiger partial charge is 0.127 e. The van der Waals surface area contributed by atoms with Gasteiger partial charge in [0.15, 0.2) is 0 Å². The van der Waals surface area contributed by atoms with Gasteiger partial charge in [-0.05, 0) is 66.2 Å². The molecule has 1 aromatic heterocycles. The van der Waals surface area contributed by atoms with E-state index in [2.05, 4.69) is 4.98 Å². The Morgan fingerprint density at radius 1 is 0.821 bits per heavy atom. The van der Waals surface area contributed by atoms with Crippen molar-refractivity contribution in [1.29, 1.82) is 0 Å². The highest BCUT2D eigenvalue weighted by Crippen LogP contribution is 2.28. The van der Waals surface area contributed by atoms with Crippen molar-refractivity contribution in [2.24, 2.45) is 0 Å². The van der Waals surface area contributed by atoms with Crippen LogP contribution in [0.25, 0.3) is 11.3 Å².